The fourth-order valence-electron chi connectivity index (χ4n) is 3.11. The van der Waals surface area contributed by atoms with Crippen LogP contribution in [0.1, 0.15) is 31.2 Å². The Morgan fingerprint density at radius 1 is 1.19 bits per heavy atom. The number of nitrogens with one attached hydrogen (secondary N) is 1. The molecule has 3 rings (SSSR count). The summed E-state index contributed by atoms with van der Waals surface area (Å²) in [6, 6.07) is 10.6. The average Bonchev–Trinajstić information content (AvgIpc) is 2.53. The van der Waals surface area contributed by atoms with Gasteiger partial charge < -0.3 is 10.4 Å². The quantitative estimate of drug-likeness (QED) is 0.906. The van der Waals surface area contributed by atoms with E-state index in [9.17, 15) is 4.79 Å². The van der Waals surface area contributed by atoms with Gasteiger partial charge in [0, 0.05) is 24.2 Å². The van der Waals surface area contributed by atoms with Crippen molar-refractivity contribution in [3.05, 3.63) is 42.1 Å². The van der Waals surface area contributed by atoms with Crippen molar-refractivity contribution in [1.82, 2.24) is 10.3 Å². The van der Waals surface area contributed by atoms with Gasteiger partial charge in [-0.25, -0.2) is 0 Å². The second-order valence-electron chi connectivity index (χ2n) is 5.75. The minimum atomic E-state index is -0.645. The predicted octanol–water partition coefficient (Wildman–Crippen LogP) is 2.97. The predicted molar refractivity (Wildman–Crippen MR) is 82.0 cm³/mol. The van der Waals surface area contributed by atoms with Gasteiger partial charge >= 0.3 is 5.97 Å². The number of carbonyl (C=O) groups is 1. The Morgan fingerprint density at radius 3 is 2.71 bits per heavy atom. The number of aromatic nitrogens is 1. The Kier molecular flexibility index (Phi) is 4.15. The maximum atomic E-state index is 11.0. The summed E-state index contributed by atoms with van der Waals surface area (Å²) in [7, 11) is 0. The van der Waals surface area contributed by atoms with Crippen molar-refractivity contribution in [1.29, 1.82) is 0 Å². The van der Waals surface area contributed by atoms with Crippen LogP contribution in [0.25, 0.3) is 10.9 Å². The van der Waals surface area contributed by atoms with Crippen LogP contribution in [0.2, 0.25) is 0 Å². The third-order valence-corrected chi connectivity index (χ3v) is 4.40. The molecule has 0 amide bonds. The molecule has 0 radical (unpaired) electrons. The molecule has 1 saturated carbocycles. The van der Waals surface area contributed by atoms with Gasteiger partial charge in [-0.15, -0.1) is 0 Å². The second-order valence-corrected chi connectivity index (χ2v) is 5.75. The third-order valence-electron chi connectivity index (χ3n) is 4.40. The van der Waals surface area contributed by atoms with Crippen LogP contribution in [0.3, 0.4) is 0 Å². The zero-order valence-corrected chi connectivity index (χ0v) is 12.0. The largest absolute Gasteiger partial charge is 0.481 e. The monoisotopic (exact) mass is 284 g/mol. The number of nitrogens with zero attached hydrogens (tertiary/aromatic N) is 1. The highest BCUT2D eigenvalue weighted by Crippen LogP contribution is 2.25. The van der Waals surface area contributed by atoms with Crippen LogP contribution < -0.4 is 5.32 Å². The first-order valence-corrected chi connectivity index (χ1v) is 7.53. The van der Waals surface area contributed by atoms with Gasteiger partial charge in [-0.05, 0) is 43.4 Å². The first kappa shape index (κ1) is 14.0. The number of benzene rings is 1. The van der Waals surface area contributed by atoms with Crippen LogP contribution in [-0.2, 0) is 11.3 Å². The molecule has 21 heavy (non-hydrogen) atoms. The van der Waals surface area contributed by atoms with Gasteiger partial charge in [0.15, 0.2) is 0 Å². The van der Waals surface area contributed by atoms with Crippen molar-refractivity contribution in [2.75, 3.05) is 0 Å². The lowest BCUT2D eigenvalue weighted by Crippen LogP contribution is -2.34. The van der Waals surface area contributed by atoms with Gasteiger partial charge in [0.2, 0.25) is 0 Å². The first-order chi connectivity index (χ1) is 10.2. The normalized spacial score (nSPS) is 22.3. The van der Waals surface area contributed by atoms with Crippen LogP contribution in [0.4, 0.5) is 0 Å². The van der Waals surface area contributed by atoms with E-state index in [2.05, 4.69) is 22.4 Å². The smallest absolute Gasteiger partial charge is 0.306 e. The lowest BCUT2D eigenvalue weighted by molar-refractivity contribution is -0.142. The molecule has 2 aromatic rings. The van der Waals surface area contributed by atoms with Crippen molar-refractivity contribution in [2.24, 2.45) is 5.92 Å². The fourth-order valence-corrected chi connectivity index (χ4v) is 3.11. The first-order valence-electron chi connectivity index (χ1n) is 7.53. The van der Waals surface area contributed by atoms with Crippen LogP contribution in [-0.4, -0.2) is 22.1 Å². The van der Waals surface area contributed by atoms with E-state index in [0.717, 1.165) is 37.7 Å². The number of carboxylic acids is 1. The SMILES string of the molecule is O=C(O)C1CCC(NCc2ccnc3ccccc23)CC1. The fraction of sp³-hybridized carbons (Fsp3) is 0.412. The summed E-state index contributed by atoms with van der Waals surface area (Å²) in [5, 5.41) is 13.8. The molecule has 0 saturated heterocycles. The van der Waals surface area contributed by atoms with Crippen LogP contribution in [0.5, 0.6) is 0 Å². The van der Waals surface area contributed by atoms with Crippen LogP contribution >= 0.6 is 0 Å². The maximum Gasteiger partial charge on any atom is 0.306 e. The number of hydrogen-bond acceptors (Lipinski definition) is 3. The highest BCUT2D eigenvalue weighted by atomic mass is 16.4. The van der Waals surface area contributed by atoms with Gasteiger partial charge in [-0.1, -0.05) is 18.2 Å². The number of hydrogen-bond donors (Lipinski definition) is 2. The van der Waals surface area contributed by atoms with Crippen LogP contribution in [0, 0.1) is 5.92 Å². The number of aliphatic carboxylic acids is 1. The summed E-state index contributed by atoms with van der Waals surface area (Å²) in [4.78, 5) is 15.3. The lowest BCUT2D eigenvalue weighted by atomic mass is 9.86. The van der Waals surface area contributed by atoms with Crippen molar-refractivity contribution >= 4 is 16.9 Å². The van der Waals surface area contributed by atoms with Crippen molar-refractivity contribution < 1.29 is 9.90 Å². The van der Waals surface area contributed by atoms with Gasteiger partial charge in [0.1, 0.15) is 0 Å². The minimum absolute atomic E-state index is 0.148. The Bertz CT molecular complexity index is 628. The van der Waals surface area contributed by atoms with E-state index >= 15 is 0 Å². The summed E-state index contributed by atoms with van der Waals surface area (Å²) < 4.78 is 0. The summed E-state index contributed by atoms with van der Waals surface area (Å²) >= 11 is 0. The molecule has 1 aromatic carbocycles. The molecule has 4 nitrogen and oxygen atoms in total. The molecule has 110 valence electrons. The molecule has 0 atom stereocenters. The zero-order valence-electron chi connectivity index (χ0n) is 12.0. The third kappa shape index (κ3) is 3.22. The van der Waals surface area contributed by atoms with E-state index in [0.29, 0.717) is 6.04 Å². The highest BCUT2D eigenvalue weighted by Gasteiger charge is 2.25. The summed E-state index contributed by atoms with van der Waals surface area (Å²) in [5.41, 5.74) is 2.27. The van der Waals surface area contributed by atoms with E-state index in [1.54, 1.807) is 0 Å². The minimum Gasteiger partial charge on any atom is -0.481 e. The Hall–Kier alpha value is -1.94. The molecule has 0 bridgehead atoms. The van der Waals surface area contributed by atoms with E-state index < -0.39 is 5.97 Å². The molecule has 1 fully saturated rings. The van der Waals surface area contributed by atoms with Gasteiger partial charge in [-0.2, -0.15) is 0 Å². The summed E-state index contributed by atoms with van der Waals surface area (Å²) in [5.74, 6) is -0.793. The van der Waals surface area contributed by atoms with Crippen molar-refractivity contribution in [2.45, 2.75) is 38.3 Å². The summed E-state index contributed by atoms with van der Waals surface area (Å²) in [6.45, 7) is 0.811. The molecule has 4 heteroatoms. The Balaban J connectivity index is 1.61. The van der Waals surface area contributed by atoms with Gasteiger partial charge in [0.25, 0.3) is 0 Å². The molecule has 1 aliphatic rings. The van der Waals surface area contributed by atoms with E-state index in [-0.39, 0.29) is 5.92 Å². The molecule has 1 aliphatic carbocycles. The van der Waals surface area contributed by atoms with Crippen molar-refractivity contribution in [3.63, 3.8) is 0 Å². The van der Waals surface area contributed by atoms with E-state index in [4.69, 9.17) is 5.11 Å². The maximum absolute atomic E-state index is 11.0. The number of pyridine rings is 1. The molecule has 1 aromatic heterocycles. The number of carboxylic acid groups (broad SMARTS) is 1. The Labute approximate surface area is 124 Å². The molecule has 0 unspecified atom stereocenters. The van der Waals surface area contributed by atoms with Gasteiger partial charge in [0.05, 0.1) is 11.4 Å². The number of fused-ring (bicyclic) bond motifs is 1. The second kappa shape index (κ2) is 6.22. The molecular formula is C17H20N2O2. The van der Waals surface area contributed by atoms with Crippen molar-refractivity contribution in [3.8, 4) is 0 Å². The Morgan fingerprint density at radius 2 is 1.95 bits per heavy atom. The molecule has 1 heterocycles. The highest BCUT2D eigenvalue weighted by molar-refractivity contribution is 5.81. The van der Waals surface area contributed by atoms with E-state index in [1.807, 2.05) is 24.4 Å². The van der Waals surface area contributed by atoms with E-state index in [1.165, 1.54) is 10.9 Å². The summed E-state index contributed by atoms with van der Waals surface area (Å²) in [6.07, 6.45) is 5.30. The average molecular weight is 284 g/mol. The van der Waals surface area contributed by atoms with Gasteiger partial charge in [-0.3, -0.25) is 9.78 Å². The molecular weight excluding hydrogens is 264 g/mol. The number of para-hydroxylation sites is 1. The zero-order chi connectivity index (χ0) is 14.7. The molecule has 0 aliphatic heterocycles. The molecule has 2 N–H and O–H groups in total. The standard InChI is InChI=1S/C17H20N2O2/c20-17(21)12-5-7-14(8-6-12)19-11-13-9-10-18-16-4-2-1-3-15(13)16/h1-4,9-10,12,14,19H,5-8,11H2,(H,20,21). The topological polar surface area (TPSA) is 62.2 Å². The lowest BCUT2D eigenvalue weighted by Gasteiger charge is -2.27. The number of rotatable bonds is 4. The van der Waals surface area contributed by atoms with Crippen LogP contribution in [0.15, 0.2) is 36.5 Å². The molecule has 0 spiro atoms.